The Morgan fingerprint density at radius 3 is 2.85 bits per heavy atom. The molecule has 2 aliphatic heterocycles. The molecule has 2 aromatic carbocycles. The van der Waals surface area contributed by atoms with Crippen LogP contribution >= 0.6 is 0 Å². The number of esters is 1. The molecule has 0 aromatic heterocycles. The van der Waals surface area contributed by atoms with E-state index in [1.165, 1.54) is 0 Å². The Balaban J connectivity index is 1.66. The lowest BCUT2D eigenvalue weighted by molar-refractivity contribution is -0.130. The number of para-hydroxylation sites is 2. The summed E-state index contributed by atoms with van der Waals surface area (Å²) in [5.74, 6) is 1.24. The van der Waals surface area contributed by atoms with E-state index >= 15 is 0 Å². The fraction of sp³-hybridized carbons (Fsp3) is 0.143. The van der Waals surface area contributed by atoms with Crippen LogP contribution in [0.4, 0.5) is 0 Å². The van der Waals surface area contributed by atoms with Crippen molar-refractivity contribution >= 4 is 17.9 Å². The minimum atomic E-state index is -0.480. The standard InChI is InChI=1S/C21H17NO4/c1-2-24-19-10-6-4-8-16(19)20-22-17(21(23)26-20)12-14-11-15-7-3-5-9-18(15)25-13-14/h3-12H,2,13H2,1H3. The highest BCUT2D eigenvalue weighted by Crippen LogP contribution is 2.28. The molecule has 0 saturated carbocycles. The molecule has 0 fully saturated rings. The molecule has 130 valence electrons. The summed E-state index contributed by atoms with van der Waals surface area (Å²) in [6.07, 6.45) is 3.69. The fourth-order valence-corrected chi connectivity index (χ4v) is 2.84. The first kappa shape index (κ1) is 16.1. The van der Waals surface area contributed by atoms with Crippen LogP contribution in [0.1, 0.15) is 18.1 Å². The molecular formula is C21H17NO4. The average Bonchev–Trinajstić information content (AvgIpc) is 3.03. The van der Waals surface area contributed by atoms with Crippen molar-refractivity contribution in [1.82, 2.24) is 0 Å². The molecule has 26 heavy (non-hydrogen) atoms. The van der Waals surface area contributed by atoms with Gasteiger partial charge in [-0.15, -0.1) is 0 Å². The lowest BCUT2D eigenvalue weighted by atomic mass is 10.1. The molecular weight excluding hydrogens is 330 g/mol. The van der Waals surface area contributed by atoms with Gasteiger partial charge >= 0.3 is 5.97 Å². The molecule has 2 aliphatic rings. The largest absolute Gasteiger partial charge is 0.493 e. The number of rotatable bonds is 4. The summed E-state index contributed by atoms with van der Waals surface area (Å²) in [5, 5.41) is 0. The van der Waals surface area contributed by atoms with Crippen molar-refractivity contribution in [3.8, 4) is 11.5 Å². The van der Waals surface area contributed by atoms with Crippen LogP contribution in [0, 0.1) is 0 Å². The van der Waals surface area contributed by atoms with Gasteiger partial charge in [0.2, 0.25) is 5.90 Å². The van der Waals surface area contributed by atoms with Crippen LogP contribution in [0.5, 0.6) is 11.5 Å². The molecule has 0 amide bonds. The van der Waals surface area contributed by atoms with Crippen molar-refractivity contribution in [2.45, 2.75) is 6.92 Å². The number of fused-ring (bicyclic) bond motifs is 1. The highest BCUT2D eigenvalue weighted by molar-refractivity contribution is 6.12. The zero-order valence-electron chi connectivity index (χ0n) is 14.3. The van der Waals surface area contributed by atoms with Crippen LogP contribution < -0.4 is 9.47 Å². The maximum atomic E-state index is 12.2. The van der Waals surface area contributed by atoms with Gasteiger partial charge in [-0.25, -0.2) is 9.79 Å². The highest BCUT2D eigenvalue weighted by atomic mass is 16.6. The van der Waals surface area contributed by atoms with E-state index in [4.69, 9.17) is 14.2 Å². The molecule has 0 atom stereocenters. The summed E-state index contributed by atoms with van der Waals surface area (Å²) >= 11 is 0. The van der Waals surface area contributed by atoms with E-state index in [1.54, 1.807) is 6.08 Å². The second-order valence-corrected chi connectivity index (χ2v) is 5.81. The predicted molar refractivity (Wildman–Crippen MR) is 98.2 cm³/mol. The summed E-state index contributed by atoms with van der Waals surface area (Å²) in [6.45, 7) is 2.80. The van der Waals surface area contributed by atoms with Crippen LogP contribution in [-0.4, -0.2) is 25.1 Å². The van der Waals surface area contributed by atoms with Gasteiger partial charge in [0, 0.05) is 5.56 Å². The molecule has 2 heterocycles. The third-order valence-electron chi connectivity index (χ3n) is 4.01. The highest BCUT2D eigenvalue weighted by Gasteiger charge is 2.26. The fourth-order valence-electron chi connectivity index (χ4n) is 2.84. The minimum absolute atomic E-state index is 0.250. The third kappa shape index (κ3) is 3.11. The van der Waals surface area contributed by atoms with Gasteiger partial charge in [0.15, 0.2) is 5.70 Å². The molecule has 5 nitrogen and oxygen atoms in total. The lowest BCUT2D eigenvalue weighted by Gasteiger charge is -2.15. The van der Waals surface area contributed by atoms with Gasteiger partial charge in [-0.3, -0.25) is 0 Å². The molecule has 0 spiro atoms. The quantitative estimate of drug-likeness (QED) is 0.624. The SMILES string of the molecule is CCOc1ccccc1C1=NC(=CC2=Cc3ccccc3OC2)C(=O)O1. The predicted octanol–water partition coefficient (Wildman–Crippen LogP) is 3.75. The van der Waals surface area contributed by atoms with Crippen LogP contribution in [-0.2, 0) is 9.53 Å². The van der Waals surface area contributed by atoms with Crippen LogP contribution in [0.3, 0.4) is 0 Å². The molecule has 4 rings (SSSR count). The minimum Gasteiger partial charge on any atom is -0.493 e. The Morgan fingerprint density at radius 1 is 1.15 bits per heavy atom. The third-order valence-corrected chi connectivity index (χ3v) is 4.01. The molecule has 0 bridgehead atoms. The first-order valence-electron chi connectivity index (χ1n) is 8.42. The van der Waals surface area contributed by atoms with Crippen LogP contribution in [0.25, 0.3) is 6.08 Å². The first-order valence-corrected chi connectivity index (χ1v) is 8.42. The first-order chi connectivity index (χ1) is 12.7. The number of cyclic esters (lactones) is 1. The van der Waals surface area contributed by atoms with Gasteiger partial charge < -0.3 is 14.2 Å². The zero-order valence-corrected chi connectivity index (χ0v) is 14.3. The van der Waals surface area contributed by atoms with E-state index < -0.39 is 5.97 Å². The monoisotopic (exact) mass is 347 g/mol. The number of hydrogen-bond acceptors (Lipinski definition) is 5. The number of aliphatic imine (C=N–C) groups is 1. The maximum Gasteiger partial charge on any atom is 0.363 e. The van der Waals surface area contributed by atoms with Gasteiger partial charge in [0.1, 0.15) is 18.1 Å². The summed E-state index contributed by atoms with van der Waals surface area (Å²) < 4.78 is 16.6. The Morgan fingerprint density at radius 2 is 1.96 bits per heavy atom. The van der Waals surface area contributed by atoms with Crippen molar-refractivity contribution in [3.63, 3.8) is 0 Å². The van der Waals surface area contributed by atoms with E-state index in [0.717, 1.165) is 16.9 Å². The van der Waals surface area contributed by atoms with E-state index in [1.807, 2.05) is 61.5 Å². The Kier molecular flexibility index (Phi) is 4.27. The molecule has 2 aromatic rings. The van der Waals surface area contributed by atoms with Crippen molar-refractivity contribution in [2.75, 3.05) is 13.2 Å². The van der Waals surface area contributed by atoms with Crippen molar-refractivity contribution in [3.05, 3.63) is 77.0 Å². The number of ether oxygens (including phenoxy) is 3. The summed E-state index contributed by atoms with van der Waals surface area (Å²) in [6, 6.07) is 15.1. The molecule has 0 unspecified atom stereocenters. The zero-order chi connectivity index (χ0) is 17.9. The van der Waals surface area contributed by atoms with Crippen molar-refractivity contribution in [2.24, 2.45) is 4.99 Å². The normalized spacial score (nSPS) is 17.1. The molecule has 0 N–H and O–H groups in total. The number of nitrogens with zero attached hydrogens (tertiary/aromatic N) is 1. The second-order valence-electron chi connectivity index (χ2n) is 5.81. The Bertz CT molecular complexity index is 956. The summed E-state index contributed by atoms with van der Waals surface area (Å²) in [7, 11) is 0. The molecule has 5 heteroatoms. The summed E-state index contributed by atoms with van der Waals surface area (Å²) in [4.78, 5) is 16.6. The average molecular weight is 347 g/mol. The van der Waals surface area contributed by atoms with Gasteiger partial charge in [-0.2, -0.15) is 0 Å². The van der Waals surface area contributed by atoms with Gasteiger partial charge in [0.05, 0.1) is 12.2 Å². The van der Waals surface area contributed by atoms with Crippen LogP contribution in [0.2, 0.25) is 0 Å². The smallest absolute Gasteiger partial charge is 0.363 e. The van der Waals surface area contributed by atoms with Crippen molar-refractivity contribution in [1.29, 1.82) is 0 Å². The van der Waals surface area contributed by atoms with E-state index in [0.29, 0.717) is 24.5 Å². The van der Waals surface area contributed by atoms with E-state index in [-0.39, 0.29) is 11.6 Å². The number of benzene rings is 2. The lowest BCUT2D eigenvalue weighted by Crippen LogP contribution is -2.08. The topological polar surface area (TPSA) is 57.1 Å². The number of carbonyl (C=O) groups excluding carboxylic acids is 1. The molecule has 0 saturated heterocycles. The van der Waals surface area contributed by atoms with E-state index in [9.17, 15) is 4.79 Å². The van der Waals surface area contributed by atoms with Gasteiger partial charge in [-0.1, -0.05) is 30.3 Å². The second kappa shape index (κ2) is 6.88. The van der Waals surface area contributed by atoms with E-state index in [2.05, 4.69) is 4.99 Å². The van der Waals surface area contributed by atoms with Crippen LogP contribution in [0.15, 0.2) is 70.9 Å². The number of carbonyl (C=O) groups is 1. The number of hydrogen-bond donors (Lipinski definition) is 0. The molecule has 0 radical (unpaired) electrons. The van der Waals surface area contributed by atoms with Gasteiger partial charge in [0.25, 0.3) is 0 Å². The Hall–Kier alpha value is -3.34. The summed E-state index contributed by atoms with van der Waals surface area (Å²) in [5.41, 5.74) is 2.74. The van der Waals surface area contributed by atoms with Crippen molar-refractivity contribution < 1.29 is 19.0 Å². The Labute approximate surface area is 151 Å². The van der Waals surface area contributed by atoms with Gasteiger partial charge in [-0.05, 0) is 42.8 Å². The maximum absolute atomic E-state index is 12.2. The molecule has 0 aliphatic carbocycles.